The van der Waals surface area contributed by atoms with Crippen molar-refractivity contribution in [1.82, 2.24) is 30.2 Å². The summed E-state index contributed by atoms with van der Waals surface area (Å²) in [5.41, 5.74) is 5.84. The number of rotatable bonds is 18. The minimum atomic E-state index is -0.815. The van der Waals surface area contributed by atoms with Crippen LogP contribution in [0.25, 0.3) is 31.0 Å². The van der Waals surface area contributed by atoms with Crippen LogP contribution >= 0.6 is 38.6 Å². The molecule has 14 nitrogen and oxygen atoms in total. The van der Waals surface area contributed by atoms with E-state index in [1.807, 2.05) is 93.0 Å². The zero-order valence-electron chi connectivity index (χ0n) is 38.7. The summed E-state index contributed by atoms with van der Waals surface area (Å²) < 4.78 is 26.3. The summed E-state index contributed by atoms with van der Waals surface area (Å²) in [4.78, 5) is 40.3. The summed E-state index contributed by atoms with van der Waals surface area (Å²) in [6, 6.07) is 30.0. The molecule has 0 spiro atoms. The van der Waals surface area contributed by atoms with Gasteiger partial charge in [-0.2, -0.15) is 0 Å². The number of carbonyl (C=O) groups is 2. The van der Waals surface area contributed by atoms with Crippen molar-refractivity contribution in [3.8, 4) is 49.8 Å². The lowest BCUT2D eigenvalue weighted by molar-refractivity contribution is -0.141. The van der Waals surface area contributed by atoms with Gasteiger partial charge >= 0.3 is 0 Å². The molecule has 3 N–H and O–H groups in total. The second-order valence-electron chi connectivity index (χ2n) is 17.8. The van der Waals surface area contributed by atoms with Crippen molar-refractivity contribution in [3.05, 3.63) is 124 Å². The van der Waals surface area contributed by atoms with Gasteiger partial charge < -0.3 is 39.2 Å². The van der Waals surface area contributed by atoms with Gasteiger partial charge in [0.1, 0.15) is 42.4 Å². The van der Waals surface area contributed by atoms with Crippen LogP contribution < -0.4 is 19.5 Å². The number of aromatic nitrogens is 2. The summed E-state index contributed by atoms with van der Waals surface area (Å²) in [6.45, 7) is 12.2. The Morgan fingerprint density at radius 2 is 1.54 bits per heavy atom. The van der Waals surface area contributed by atoms with Gasteiger partial charge in [-0.1, -0.05) is 66.2 Å². The highest BCUT2D eigenvalue weighted by atomic mass is 79.9. The number of nitrogens with zero attached hydrogens (tertiary/aromatic N) is 5. The minimum Gasteiger partial charge on any atom is -0.508 e. The number of amides is 2. The molecule has 7 aromatic rings. The number of piperazine rings is 1. The number of hydrogen-bond donors (Lipinski definition) is 3. The fourth-order valence-corrected chi connectivity index (χ4v) is 11.1. The number of benzene rings is 4. The lowest BCUT2D eigenvalue weighted by Crippen LogP contribution is -2.48. The number of phenols is 1. The lowest BCUT2D eigenvalue weighted by Gasteiger charge is -2.34. The molecule has 69 heavy (non-hydrogen) atoms. The van der Waals surface area contributed by atoms with Crippen LogP contribution in [0.3, 0.4) is 0 Å². The zero-order chi connectivity index (χ0) is 48.0. The molecular formula is C52H55BrN6O8S2. The van der Waals surface area contributed by atoms with Crippen molar-refractivity contribution in [2.24, 2.45) is 5.92 Å². The van der Waals surface area contributed by atoms with Gasteiger partial charge in [0.15, 0.2) is 11.5 Å². The third-order valence-corrected chi connectivity index (χ3v) is 15.3. The van der Waals surface area contributed by atoms with E-state index >= 15 is 0 Å². The highest BCUT2D eigenvalue weighted by Gasteiger charge is 2.43. The Kier molecular flexibility index (Phi) is 15.3. The second-order valence-corrected chi connectivity index (χ2v) is 20.6. The Balaban J connectivity index is 0.702. The fraction of sp³-hybridized carbons (Fsp3) is 0.346. The number of thiazole rings is 1. The molecule has 0 radical (unpaired) electrons. The van der Waals surface area contributed by atoms with Gasteiger partial charge in [-0.15, -0.1) is 22.7 Å². The summed E-state index contributed by atoms with van der Waals surface area (Å²) in [5.74, 6) is 1.62. The number of aliphatic hydroxyl groups excluding tert-OH is 1. The summed E-state index contributed by atoms with van der Waals surface area (Å²) in [7, 11) is 0. The van der Waals surface area contributed by atoms with Gasteiger partial charge in [0.2, 0.25) is 11.8 Å². The van der Waals surface area contributed by atoms with E-state index in [0.717, 1.165) is 90.9 Å². The van der Waals surface area contributed by atoms with E-state index in [2.05, 4.69) is 53.3 Å². The number of carbonyl (C=O) groups excluding carboxylic acids is 2. The van der Waals surface area contributed by atoms with Crippen LogP contribution in [-0.2, 0) is 16.1 Å². The van der Waals surface area contributed by atoms with E-state index in [-0.39, 0.29) is 36.4 Å². The van der Waals surface area contributed by atoms with Crippen LogP contribution in [0.4, 0.5) is 0 Å². The zero-order valence-corrected chi connectivity index (χ0v) is 41.9. The maximum atomic E-state index is 14.1. The van der Waals surface area contributed by atoms with E-state index in [0.29, 0.717) is 43.7 Å². The van der Waals surface area contributed by atoms with Crippen molar-refractivity contribution >= 4 is 60.5 Å². The molecule has 2 saturated heterocycles. The highest BCUT2D eigenvalue weighted by Crippen LogP contribution is 2.47. The van der Waals surface area contributed by atoms with Gasteiger partial charge in [0.25, 0.3) is 5.88 Å². The molecule has 2 aliphatic heterocycles. The SMILES string of the molecule is Cc1ncsc1-c1ccc(CNC(=O)C2C[C@@H](O)CN2C(=O)C(c2cc(OCCN3CCN(CCOc4ccc(Oc5c(-c6ccc(Br)cc6)sc6cc(O)ccc56)cc4)CC3)no2)C(C)C)cc1. The van der Waals surface area contributed by atoms with Crippen LogP contribution in [-0.4, -0.2) is 118 Å². The number of likely N-dealkylation sites (tertiary alicyclic amines) is 1. The number of ether oxygens (including phenoxy) is 3. The molecule has 360 valence electrons. The van der Waals surface area contributed by atoms with Crippen LogP contribution in [0.15, 0.2) is 112 Å². The molecule has 17 heteroatoms. The molecular weight excluding hydrogens is 981 g/mol. The first-order valence-corrected chi connectivity index (χ1v) is 25.7. The number of hydrogen-bond acceptors (Lipinski definition) is 14. The Bertz CT molecular complexity index is 2840. The van der Waals surface area contributed by atoms with Crippen molar-refractivity contribution < 1.29 is 38.5 Å². The number of aryl methyl sites for hydroxylation is 1. The van der Waals surface area contributed by atoms with E-state index in [1.54, 1.807) is 40.9 Å². The van der Waals surface area contributed by atoms with Gasteiger partial charge in [0, 0.05) is 79.4 Å². The molecule has 5 heterocycles. The van der Waals surface area contributed by atoms with Crippen molar-refractivity contribution in [2.45, 2.75) is 51.8 Å². The Morgan fingerprint density at radius 1 is 0.870 bits per heavy atom. The van der Waals surface area contributed by atoms with E-state index in [1.165, 1.54) is 4.90 Å². The largest absolute Gasteiger partial charge is 0.508 e. The van der Waals surface area contributed by atoms with Gasteiger partial charge in [-0.05, 0) is 89.3 Å². The number of nitrogens with one attached hydrogen (secondary N) is 1. The molecule has 3 atom stereocenters. The number of thiophene rings is 1. The average molecular weight is 1040 g/mol. The van der Waals surface area contributed by atoms with Crippen LogP contribution in [0.2, 0.25) is 0 Å². The average Bonchev–Trinajstić information content (AvgIpc) is 4.16. The first-order valence-electron chi connectivity index (χ1n) is 23.2. The van der Waals surface area contributed by atoms with Crippen molar-refractivity contribution in [2.75, 3.05) is 59.0 Å². The summed E-state index contributed by atoms with van der Waals surface area (Å²) in [5, 5.41) is 28.8. The van der Waals surface area contributed by atoms with Gasteiger partial charge in [0.05, 0.1) is 27.1 Å². The van der Waals surface area contributed by atoms with Crippen LogP contribution in [0.1, 0.15) is 43.2 Å². The minimum absolute atomic E-state index is 0.0591. The Hall–Kier alpha value is -5.82. The molecule has 2 aliphatic rings. The van der Waals surface area contributed by atoms with E-state index in [4.69, 9.17) is 18.7 Å². The molecule has 3 aromatic heterocycles. The van der Waals surface area contributed by atoms with E-state index in [9.17, 15) is 19.8 Å². The molecule has 0 bridgehead atoms. The predicted molar refractivity (Wildman–Crippen MR) is 271 cm³/mol. The first kappa shape index (κ1) is 48.2. The Labute approximate surface area is 417 Å². The van der Waals surface area contributed by atoms with Crippen LogP contribution in [0.5, 0.6) is 28.9 Å². The molecule has 4 aromatic carbocycles. The Morgan fingerprint density at radius 3 is 2.22 bits per heavy atom. The highest BCUT2D eigenvalue weighted by molar-refractivity contribution is 9.10. The lowest BCUT2D eigenvalue weighted by atomic mass is 9.91. The maximum absolute atomic E-state index is 14.1. The van der Waals surface area contributed by atoms with Gasteiger partial charge in [-0.3, -0.25) is 19.4 Å². The number of halogens is 1. The standard InChI is InChI=1S/C52H55BrN6O8S2/c1-32(2)47(52(63)59-30-39(61)26-43(59)51(62)54-29-34-4-6-35(7-5-34)49-33(3)55-31-68-49)44-28-46(56-67-44)65-25-23-58-20-18-57(19-21-58)22-24-64-40-13-15-41(16-14-40)66-48-42-17-12-38(60)27-45(42)69-50(48)36-8-10-37(53)11-9-36/h4-17,27-28,31-32,39,43,47,60-61H,18-26,29-30H2,1-3H3,(H,54,62)/t39-,43?,47?/m1/s1. The summed E-state index contributed by atoms with van der Waals surface area (Å²) >= 11 is 6.70. The molecule has 9 rings (SSSR count). The third kappa shape index (κ3) is 11.6. The molecule has 2 unspecified atom stereocenters. The second kappa shape index (κ2) is 21.9. The molecule has 2 amide bonds. The quantitative estimate of drug-likeness (QED) is 0.0748. The van der Waals surface area contributed by atoms with Crippen LogP contribution in [0, 0.1) is 12.8 Å². The summed E-state index contributed by atoms with van der Waals surface area (Å²) in [6.07, 6.45) is -0.659. The topological polar surface area (TPSA) is 163 Å². The molecule has 0 aliphatic carbocycles. The number of phenolic OH excluding ortho intramolecular Hbond substituents is 1. The smallest absolute Gasteiger partial charge is 0.254 e. The molecule has 0 saturated carbocycles. The monoisotopic (exact) mass is 1030 g/mol. The predicted octanol–water partition coefficient (Wildman–Crippen LogP) is 9.34. The van der Waals surface area contributed by atoms with Crippen molar-refractivity contribution in [1.29, 1.82) is 0 Å². The number of aromatic hydroxyl groups is 1. The number of fused-ring (bicyclic) bond motifs is 1. The van der Waals surface area contributed by atoms with Gasteiger partial charge in [-0.25, -0.2) is 4.98 Å². The first-order chi connectivity index (χ1) is 33.4. The van der Waals surface area contributed by atoms with Crippen molar-refractivity contribution in [3.63, 3.8) is 0 Å². The third-order valence-electron chi connectivity index (χ3n) is 12.6. The molecule has 2 fully saturated rings. The van der Waals surface area contributed by atoms with E-state index < -0.39 is 18.1 Å². The number of aliphatic hydroxyl groups is 1. The number of β-amino-alcohol motifs (C(OH)–C–C–N with tert-alkyl or cyclic N) is 1. The maximum Gasteiger partial charge on any atom is 0.254 e. The fourth-order valence-electron chi connectivity index (χ4n) is 8.85. The normalized spacial score (nSPS) is 17.1.